The van der Waals surface area contributed by atoms with E-state index in [4.69, 9.17) is 8.92 Å². The number of ether oxygens (including phenoxy) is 1. The van der Waals surface area contributed by atoms with Gasteiger partial charge in [0.1, 0.15) is 5.75 Å². The lowest BCUT2D eigenvalue weighted by atomic mass is 9.93. The van der Waals surface area contributed by atoms with Gasteiger partial charge in [0.15, 0.2) is 5.78 Å². The molecule has 1 heterocycles. The Morgan fingerprint density at radius 1 is 1.15 bits per heavy atom. The molecular formula is C26H34O5S2. The third-order valence-electron chi connectivity index (χ3n) is 7.27. The minimum Gasteiger partial charge on any atom is -0.493 e. The molecule has 1 saturated carbocycles. The summed E-state index contributed by atoms with van der Waals surface area (Å²) >= 11 is 1.70. The van der Waals surface area contributed by atoms with Gasteiger partial charge >= 0.3 is 0 Å². The number of ketones is 1. The Balaban J connectivity index is 1.35. The molecule has 0 bridgehead atoms. The second kappa shape index (κ2) is 8.82. The van der Waals surface area contributed by atoms with Crippen molar-refractivity contribution >= 4 is 27.2 Å². The predicted octanol–water partition coefficient (Wildman–Crippen LogP) is 5.53. The van der Waals surface area contributed by atoms with E-state index in [1.165, 1.54) is 16.0 Å². The maximum absolute atomic E-state index is 13.1. The molecule has 0 amide bonds. The van der Waals surface area contributed by atoms with Crippen molar-refractivity contribution in [1.82, 2.24) is 0 Å². The van der Waals surface area contributed by atoms with Crippen LogP contribution in [0.3, 0.4) is 0 Å². The first-order valence-electron chi connectivity index (χ1n) is 11.6. The van der Waals surface area contributed by atoms with Crippen LogP contribution >= 0.6 is 11.3 Å². The number of fused-ring (bicyclic) bond motifs is 3. The first kappa shape index (κ1) is 24.4. The number of hydrogen-bond acceptors (Lipinski definition) is 6. The number of carbonyl (C=O) groups excluding carboxylic acids is 1. The monoisotopic (exact) mass is 490 g/mol. The summed E-state index contributed by atoms with van der Waals surface area (Å²) in [5.41, 5.74) is 6.41. The van der Waals surface area contributed by atoms with Gasteiger partial charge in [-0.25, -0.2) is 0 Å². The molecule has 2 aromatic rings. The van der Waals surface area contributed by atoms with Crippen molar-refractivity contribution in [3.05, 3.63) is 49.7 Å². The molecule has 180 valence electrons. The molecule has 1 aromatic carbocycles. The van der Waals surface area contributed by atoms with Gasteiger partial charge in [-0.15, -0.1) is 11.3 Å². The van der Waals surface area contributed by atoms with Crippen molar-refractivity contribution in [2.75, 3.05) is 19.5 Å². The first-order valence-corrected chi connectivity index (χ1v) is 14.3. The summed E-state index contributed by atoms with van der Waals surface area (Å²) in [6.45, 7) is 11.4. The largest absolute Gasteiger partial charge is 0.493 e. The van der Waals surface area contributed by atoms with Gasteiger partial charge in [0.2, 0.25) is 0 Å². The van der Waals surface area contributed by atoms with E-state index in [-0.39, 0.29) is 12.4 Å². The molecule has 4 rings (SSSR count). The van der Waals surface area contributed by atoms with Crippen molar-refractivity contribution in [2.45, 2.75) is 66.2 Å². The Morgan fingerprint density at radius 2 is 1.82 bits per heavy atom. The van der Waals surface area contributed by atoms with Crippen molar-refractivity contribution in [1.29, 1.82) is 0 Å². The first-order chi connectivity index (χ1) is 15.4. The van der Waals surface area contributed by atoms with Crippen LogP contribution in [0.25, 0.3) is 0 Å². The van der Waals surface area contributed by atoms with Gasteiger partial charge in [-0.3, -0.25) is 8.98 Å². The summed E-state index contributed by atoms with van der Waals surface area (Å²) in [6, 6.07) is 4.18. The van der Waals surface area contributed by atoms with Gasteiger partial charge < -0.3 is 4.74 Å². The normalized spacial score (nSPS) is 20.4. The predicted molar refractivity (Wildman–Crippen MR) is 132 cm³/mol. The molecule has 0 unspecified atom stereocenters. The highest BCUT2D eigenvalue weighted by Crippen LogP contribution is 2.71. The van der Waals surface area contributed by atoms with E-state index in [2.05, 4.69) is 32.9 Å². The molecule has 1 aromatic heterocycles. The number of hydrogen-bond donors (Lipinski definition) is 0. The highest BCUT2D eigenvalue weighted by atomic mass is 32.2. The Kier molecular flexibility index (Phi) is 6.53. The van der Waals surface area contributed by atoms with Crippen molar-refractivity contribution < 1.29 is 22.1 Å². The fourth-order valence-electron chi connectivity index (χ4n) is 5.58. The summed E-state index contributed by atoms with van der Waals surface area (Å²) in [5.74, 6) is 2.46. The van der Waals surface area contributed by atoms with Crippen molar-refractivity contribution in [2.24, 2.45) is 11.3 Å². The van der Waals surface area contributed by atoms with Crippen LogP contribution < -0.4 is 4.74 Å². The smallest absolute Gasteiger partial charge is 0.264 e. The number of aryl methyl sites for hydroxylation is 4. The van der Waals surface area contributed by atoms with Crippen LogP contribution in [-0.2, 0) is 27.1 Å². The second-order valence-electron chi connectivity index (χ2n) is 10.2. The average Bonchev–Trinajstić information content (AvgIpc) is 3.02. The highest BCUT2D eigenvalue weighted by molar-refractivity contribution is 7.85. The third-order valence-corrected chi connectivity index (χ3v) is 9.06. The molecule has 0 spiro atoms. The molecule has 5 nitrogen and oxygen atoms in total. The lowest BCUT2D eigenvalue weighted by molar-refractivity contribution is 0.0985. The van der Waals surface area contributed by atoms with Crippen LogP contribution in [0.2, 0.25) is 0 Å². The number of Topliss-reactive ketones (excluding diaryl/α,β-unsaturated/α-hetero) is 1. The van der Waals surface area contributed by atoms with E-state index in [1.807, 2.05) is 13.8 Å². The fourth-order valence-corrected chi connectivity index (χ4v) is 7.20. The summed E-state index contributed by atoms with van der Waals surface area (Å²) in [5, 5.41) is 0. The standard InChI is InChI=1S/C26H34O5S2/c1-15-12-18(13-16(2)24(15)30-10-7-11-31-33(6,28)29)8-9-21(27)25-19-14-20-23(26(20,4)5)22(19)17(3)32-25/h12-13,20,23H,7-11,14H2,1-6H3/t20-,23-/m1/s1. The molecule has 0 aliphatic heterocycles. The lowest BCUT2D eigenvalue weighted by Crippen LogP contribution is -2.09. The SMILES string of the molecule is Cc1cc(CCC(=O)c2sc(C)c3c2C[C@@H]2[C@H]3C2(C)C)cc(C)c1OCCCOS(C)(=O)=O. The van der Waals surface area contributed by atoms with Crippen LogP contribution in [0.4, 0.5) is 0 Å². The molecule has 2 aliphatic rings. The zero-order valence-corrected chi connectivity index (χ0v) is 22.0. The summed E-state index contributed by atoms with van der Waals surface area (Å²) in [7, 11) is -3.42. The maximum Gasteiger partial charge on any atom is 0.264 e. The van der Waals surface area contributed by atoms with E-state index in [9.17, 15) is 13.2 Å². The van der Waals surface area contributed by atoms with E-state index >= 15 is 0 Å². The lowest BCUT2D eigenvalue weighted by Gasteiger charge is -2.14. The maximum atomic E-state index is 13.1. The molecule has 7 heteroatoms. The molecule has 0 saturated heterocycles. The van der Waals surface area contributed by atoms with Gasteiger partial charge in [0, 0.05) is 17.7 Å². The fraction of sp³-hybridized carbons (Fsp3) is 0.577. The van der Waals surface area contributed by atoms with Crippen LogP contribution in [0.5, 0.6) is 5.75 Å². The summed E-state index contributed by atoms with van der Waals surface area (Å²) in [6.07, 6.45) is 3.84. The van der Waals surface area contributed by atoms with E-state index in [0.29, 0.717) is 37.2 Å². The quantitative estimate of drug-likeness (QED) is 0.249. The van der Waals surface area contributed by atoms with Gasteiger partial charge in [-0.05, 0) is 78.7 Å². The summed E-state index contributed by atoms with van der Waals surface area (Å²) < 4.78 is 32.7. The number of thiophene rings is 1. The molecule has 1 fully saturated rings. The number of rotatable bonds is 10. The number of carbonyl (C=O) groups is 1. The van der Waals surface area contributed by atoms with Crippen LogP contribution in [-0.4, -0.2) is 33.7 Å². The average molecular weight is 491 g/mol. The minimum absolute atomic E-state index is 0.113. The van der Waals surface area contributed by atoms with Gasteiger partial charge in [0.05, 0.1) is 24.3 Å². The third kappa shape index (κ3) is 4.91. The van der Waals surface area contributed by atoms with Gasteiger partial charge in [0.25, 0.3) is 10.1 Å². The molecule has 0 radical (unpaired) electrons. The zero-order chi connectivity index (χ0) is 24.1. The molecule has 0 N–H and O–H groups in total. The Hall–Kier alpha value is -1.70. The Bertz CT molecular complexity index is 1170. The van der Waals surface area contributed by atoms with Gasteiger partial charge in [-0.1, -0.05) is 26.0 Å². The molecule has 2 aliphatic carbocycles. The van der Waals surface area contributed by atoms with E-state index in [1.54, 1.807) is 11.3 Å². The Morgan fingerprint density at radius 3 is 2.45 bits per heavy atom. The Labute approximate surface area is 201 Å². The van der Waals surface area contributed by atoms with E-state index in [0.717, 1.165) is 45.9 Å². The highest BCUT2D eigenvalue weighted by Gasteiger charge is 2.63. The minimum atomic E-state index is -3.42. The second-order valence-corrected chi connectivity index (χ2v) is 13.1. The molecular weight excluding hydrogens is 456 g/mol. The molecule has 33 heavy (non-hydrogen) atoms. The van der Waals surface area contributed by atoms with Crippen molar-refractivity contribution in [3.8, 4) is 5.75 Å². The van der Waals surface area contributed by atoms with Crippen molar-refractivity contribution in [3.63, 3.8) is 0 Å². The summed E-state index contributed by atoms with van der Waals surface area (Å²) in [4.78, 5) is 15.4. The number of benzene rings is 1. The van der Waals surface area contributed by atoms with E-state index < -0.39 is 10.1 Å². The molecule has 2 atom stereocenters. The van der Waals surface area contributed by atoms with Crippen LogP contribution in [0.1, 0.15) is 75.0 Å². The van der Waals surface area contributed by atoms with Crippen LogP contribution in [0.15, 0.2) is 12.1 Å². The van der Waals surface area contributed by atoms with Gasteiger partial charge in [-0.2, -0.15) is 8.42 Å². The zero-order valence-electron chi connectivity index (χ0n) is 20.4. The topological polar surface area (TPSA) is 69.7 Å². The van der Waals surface area contributed by atoms with Crippen LogP contribution in [0, 0.1) is 32.1 Å².